The standard InChI is InChI=1S/C20H30N2O3.ClH/c1-24-18-5-3-17(4-6-18)20(9-12-25-13-10-20)15-22-19(23)7-2-16-8-11-21-14-16;/h3-6,16,21H,2,7-15H2,1H3,(H,22,23);1H. The number of methoxy groups -OCH3 is 1. The van der Waals surface area contributed by atoms with E-state index in [0.717, 1.165) is 51.3 Å². The molecule has 2 aliphatic rings. The maximum absolute atomic E-state index is 12.3. The summed E-state index contributed by atoms with van der Waals surface area (Å²) in [5, 5.41) is 6.56. The van der Waals surface area contributed by atoms with Gasteiger partial charge in [0.1, 0.15) is 5.75 Å². The molecule has 1 aromatic carbocycles. The van der Waals surface area contributed by atoms with Crippen molar-refractivity contribution in [1.29, 1.82) is 0 Å². The highest BCUT2D eigenvalue weighted by atomic mass is 35.5. The molecule has 3 rings (SSSR count). The normalized spacial score (nSPS) is 21.7. The summed E-state index contributed by atoms with van der Waals surface area (Å²) in [5.41, 5.74) is 1.23. The lowest BCUT2D eigenvalue weighted by Gasteiger charge is -2.38. The summed E-state index contributed by atoms with van der Waals surface area (Å²) >= 11 is 0. The minimum absolute atomic E-state index is 0. The number of ether oxygens (including phenoxy) is 2. The first-order valence-corrected chi connectivity index (χ1v) is 9.41. The van der Waals surface area contributed by atoms with Gasteiger partial charge in [-0.1, -0.05) is 12.1 Å². The number of rotatable bonds is 7. The topological polar surface area (TPSA) is 59.6 Å². The number of benzene rings is 1. The molecule has 146 valence electrons. The lowest BCUT2D eigenvalue weighted by Crippen LogP contribution is -2.44. The number of nitrogens with one attached hydrogen (secondary N) is 2. The van der Waals surface area contributed by atoms with Crippen LogP contribution >= 0.6 is 12.4 Å². The van der Waals surface area contributed by atoms with Gasteiger partial charge in [-0.2, -0.15) is 0 Å². The van der Waals surface area contributed by atoms with Crippen molar-refractivity contribution in [2.45, 2.75) is 37.5 Å². The van der Waals surface area contributed by atoms with Crippen LogP contribution in [0.4, 0.5) is 0 Å². The van der Waals surface area contributed by atoms with Gasteiger partial charge in [0.05, 0.1) is 7.11 Å². The monoisotopic (exact) mass is 382 g/mol. The van der Waals surface area contributed by atoms with Gasteiger partial charge in [-0.15, -0.1) is 12.4 Å². The van der Waals surface area contributed by atoms with E-state index in [9.17, 15) is 4.79 Å². The highest BCUT2D eigenvalue weighted by Crippen LogP contribution is 2.35. The van der Waals surface area contributed by atoms with Crippen LogP contribution in [0.3, 0.4) is 0 Å². The first-order chi connectivity index (χ1) is 12.2. The van der Waals surface area contributed by atoms with Gasteiger partial charge in [0.25, 0.3) is 0 Å². The number of hydrogen-bond donors (Lipinski definition) is 2. The van der Waals surface area contributed by atoms with Crippen LogP contribution in [-0.2, 0) is 14.9 Å². The fourth-order valence-corrected chi connectivity index (χ4v) is 3.93. The Morgan fingerprint density at radius 2 is 2.04 bits per heavy atom. The van der Waals surface area contributed by atoms with Gasteiger partial charge >= 0.3 is 0 Å². The minimum atomic E-state index is -0.0326. The van der Waals surface area contributed by atoms with E-state index < -0.39 is 0 Å². The van der Waals surface area contributed by atoms with Crippen LogP contribution in [0, 0.1) is 5.92 Å². The van der Waals surface area contributed by atoms with E-state index in [1.165, 1.54) is 12.0 Å². The Morgan fingerprint density at radius 1 is 1.31 bits per heavy atom. The van der Waals surface area contributed by atoms with Gasteiger partial charge in [0.2, 0.25) is 5.91 Å². The SMILES string of the molecule is COc1ccc(C2(CNC(=O)CCC3CCNC3)CCOCC2)cc1.Cl. The lowest BCUT2D eigenvalue weighted by atomic mass is 9.74. The van der Waals surface area contributed by atoms with Gasteiger partial charge < -0.3 is 20.1 Å². The van der Waals surface area contributed by atoms with Crippen LogP contribution < -0.4 is 15.4 Å². The molecule has 5 nitrogen and oxygen atoms in total. The second kappa shape index (κ2) is 10.1. The van der Waals surface area contributed by atoms with Crippen LogP contribution in [0.5, 0.6) is 5.75 Å². The third-order valence-corrected chi connectivity index (χ3v) is 5.72. The van der Waals surface area contributed by atoms with Gasteiger partial charge in [-0.25, -0.2) is 0 Å². The lowest BCUT2D eigenvalue weighted by molar-refractivity contribution is -0.121. The van der Waals surface area contributed by atoms with Crippen LogP contribution in [0.2, 0.25) is 0 Å². The minimum Gasteiger partial charge on any atom is -0.497 e. The van der Waals surface area contributed by atoms with Gasteiger partial charge in [0.15, 0.2) is 0 Å². The van der Waals surface area contributed by atoms with Crippen LogP contribution in [0.25, 0.3) is 0 Å². The predicted molar refractivity (Wildman–Crippen MR) is 105 cm³/mol. The Balaban J connectivity index is 0.00000243. The first-order valence-electron chi connectivity index (χ1n) is 9.41. The van der Waals surface area contributed by atoms with Crippen molar-refractivity contribution < 1.29 is 14.3 Å². The zero-order valence-corrected chi connectivity index (χ0v) is 16.4. The quantitative estimate of drug-likeness (QED) is 0.761. The number of carbonyl (C=O) groups is 1. The average molecular weight is 383 g/mol. The molecule has 2 saturated heterocycles. The summed E-state index contributed by atoms with van der Waals surface area (Å²) in [6.07, 6.45) is 4.68. The molecular formula is C20H31ClN2O3. The molecular weight excluding hydrogens is 352 g/mol. The third kappa shape index (κ3) is 5.35. The Kier molecular flexibility index (Phi) is 8.19. The zero-order valence-electron chi connectivity index (χ0n) is 15.6. The summed E-state index contributed by atoms with van der Waals surface area (Å²) in [6, 6.07) is 8.25. The predicted octanol–water partition coefficient (Wildman–Crippen LogP) is 2.67. The molecule has 1 atom stereocenters. The molecule has 0 spiro atoms. The summed E-state index contributed by atoms with van der Waals surface area (Å²) < 4.78 is 10.8. The van der Waals surface area contributed by atoms with E-state index in [2.05, 4.69) is 22.8 Å². The van der Waals surface area contributed by atoms with Crippen molar-refractivity contribution in [1.82, 2.24) is 10.6 Å². The molecule has 0 bridgehead atoms. The molecule has 2 fully saturated rings. The molecule has 0 radical (unpaired) electrons. The Morgan fingerprint density at radius 3 is 2.65 bits per heavy atom. The fraction of sp³-hybridized carbons (Fsp3) is 0.650. The van der Waals surface area contributed by atoms with Crippen molar-refractivity contribution in [2.75, 3.05) is 40.0 Å². The maximum Gasteiger partial charge on any atom is 0.220 e. The van der Waals surface area contributed by atoms with Gasteiger partial charge in [-0.05, 0) is 62.4 Å². The second-order valence-corrected chi connectivity index (χ2v) is 7.30. The molecule has 1 aromatic rings. The van der Waals surface area contributed by atoms with Crippen molar-refractivity contribution in [3.05, 3.63) is 29.8 Å². The van der Waals surface area contributed by atoms with Crippen LogP contribution in [-0.4, -0.2) is 45.9 Å². The molecule has 2 aliphatic heterocycles. The summed E-state index contributed by atoms with van der Waals surface area (Å²) in [5.74, 6) is 1.69. The number of hydrogen-bond acceptors (Lipinski definition) is 4. The number of amides is 1. The van der Waals surface area contributed by atoms with E-state index in [4.69, 9.17) is 9.47 Å². The first kappa shape index (κ1) is 21.0. The van der Waals surface area contributed by atoms with E-state index in [1.54, 1.807) is 7.11 Å². The molecule has 1 amide bonds. The van der Waals surface area contributed by atoms with E-state index in [-0.39, 0.29) is 23.7 Å². The smallest absolute Gasteiger partial charge is 0.220 e. The maximum atomic E-state index is 12.3. The molecule has 26 heavy (non-hydrogen) atoms. The second-order valence-electron chi connectivity index (χ2n) is 7.30. The largest absolute Gasteiger partial charge is 0.497 e. The molecule has 2 N–H and O–H groups in total. The molecule has 0 aliphatic carbocycles. The fourth-order valence-electron chi connectivity index (χ4n) is 3.93. The number of halogens is 1. The van der Waals surface area contributed by atoms with Crippen LogP contribution in [0.15, 0.2) is 24.3 Å². The average Bonchev–Trinajstić information content (AvgIpc) is 3.19. The molecule has 2 heterocycles. The summed E-state index contributed by atoms with van der Waals surface area (Å²) in [7, 11) is 1.68. The zero-order chi connectivity index (χ0) is 17.5. The highest BCUT2D eigenvalue weighted by Gasteiger charge is 2.34. The molecule has 0 aromatic heterocycles. The van der Waals surface area contributed by atoms with Gasteiger partial charge in [-0.3, -0.25) is 4.79 Å². The number of carbonyl (C=O) groups excluding carboxylic acids is 1. The summed E-state index contributed by atoms with van der Waals surface area (Å²) in [6.45, 7) is 4.32. The van der Waals surface area contributed by atoms with E-state index in [1.807, 2.05) is 12.1 Å². The van der Waals surface area contributed by atoms with Crippen molar-refractivity contribution >= 4 is 18.3 Å². The highest BCUT2D eigenvalue weighted by molar-refractivity contribution is 5.85. The van der Waals surface area contributed by atoms with Crippen molar-refractivity contribution in [3.63, 3.8) is 0 Å². The van der Waals surface area contributed by atoms with Crippen molar-refractivity contribution in [3.8, 4) is 5.75 Å². The molecule has 6 heteroatoms. The van der Waals surface area contributed by atoms with Gasteiger partial charge in [0, 0.05) is 31.6 Å². The van der Waals surface area contributed by atoms with Crippen molar-refractivity contribution in [2.24, 2.45) is 5.92 Å². The Labute approximate surface area is 162 Å². The molecule has 1 unspecified atom stereocenters. The Hall–Kier alpha value is -1.30. The molecule has 0 saturated carbocycles. The third-order valence-electron chi connectivity index (χ3n) is 5.72. The van der Waals surface area contributed by atoms with E-state index in [0.29, 0.717) is 18.9 Å². The van der Waals surface area contributed by atoms with E-state index >= 15 is 0 Å². The Bertz CT molecular complexity index is 553. The van der Waals surface area contributed by atoms with Crippen LogP contribution in [0.1, 0.15) is 37.7 Å². The summed E-state index contributed by atoms with van der Waals surface area (Å²) in [4.78, 5) is 12.3.